The fourth-order valence-corrected chi connectivity index (χ4v) is 2.78. The van der Waals surface area contributed by atoms with Crippen LogP contribution in [0, 0.1) is 11.3 Å². The maximum absolute atomic E-state index is 10.6. The molecule has 4 nitrogen and oxygen atoms in total. The lowest BCUT2D eigenvalue weighted by molar-refractivity contribution is 0.206. The molecule has 3 N–H and O–H groups in total. The van der Waals surface area contributed by atoms with Crippen molar-refractivity contribution in [3.05, 3.63) is 11.6 Å². The molecule has 1 atom stereocenters. The molecule has 0 aliphatic heterocycles. The van der Waals surface area contributed by atoms with Crippen molar-refractivity contribution in [3.8, 4) is 0 Å². The number of urea groups is 1. The van der Waals surface area contributed by atoms with Gasteiger partial charge >= 0.3 is 6.03 Å². The average molecular weight is 251 g/mol. The van der Waals surface area contributed by atoms with Gasteiger partial charge < -0.3 is 5.73 Å². The number of hydrogen-bond acceptors (Lipinski definition) is 2. The molecule has 2 amide bonds. The van der Waals surface area contributed by atoms with Crippen molar-refractivity contribution >= 4 is 11.7 Å². The van der Waals surface area contributed by atoms with E-state index in [1.807, 2.05) is 6.92 Å². The highest BCUT2D eigenvalue weighted by atomic mass is 16.2. The van der Waals surface area contributed by atoms with Crippen LogP contribution in [0.4, 0.5) is 4.79 Å². The molecule has 1 aliphatic carbocycles. The Kier molecular flexibility index (Phi) is 4.93. The highest BCUT2D eigenvalue weighted by Gasteiger charge is 2.32. The van der Waals surface area contributed by atoms with Crippen LogP contribution in [0.15, 0.2) is 16.8 Å². The highest BCUT2D eigenvalue weighted by molar-refractivity contribution is 5.83. The summed E-state index contributed by atoms with van der Waals surface area (Å²) in [5, 5.41) is 3.95. The maximum atomic E-state index is 10.6. The van der Waals surface area contributed by atoms with Crippen LogP contribution >= 0.6 is 0 Å². The second-order valence-electron chi connectivity index (χ2n) is 5.89. The van der Waals surface area contributed by atoms with Crippen LogP contribution in [-0.4, -0.2) is 11.7 Å². The maximum Gasteiger partial charge on any atom is 0.332 e. The highest BCUT2D eigenvalue weighted by Crippen LogP contribution is 2.43. The van der Waals surface area contributed by atoms with Crippen LogP contribution in [-0.2, 0) is 0 Å². The topological polar surface area (TPSA) is 67.5 Å². The molecular weight excluding hydrogens is 226 g/mol. The van der Waals surface area contributed by atoms with Crippen molar-refractivity contribution in [1.29, 1.82) is 0 Å². The van der Waals surface area contributed by atoms with E-state index < -0.39 is 6.03 Å². The van der Waals surface area contributed by atoms with E-state index in [0.717, 1.165) is 18.6 Å². The summed E-state index contributed by atoms with van der Waals surface area (Å²) in [6.45, 7) is 8.81. The van der Waals surface area contributed by atoms with Gasteiger partial charge in [-0.15, -0.1) is 0 Å². The predicted octanol–water partition coefficient (Wildman–Crippen LogP) is 3.19. The van der Waals surface area contributed by atoms with Gasteiger partial charge in [0.05, 0.1) is 0 Å². The summed E-state index contributed by atoms with van der Waals surface area (Å²) in [5.74, 6) is 0.602. The van der Waals surface area contributed by atoms with Gasteiger partial charge in [-0.25, -0.2) is 10.2 Å². The lowest BCUT2D eigenvalue weighted by atomic mass is 9.67. The number of nitrogens with zero attached hydrogens (tertiary/aromatic N) is 1. The number of carbonyl (C=O) groups excluding carboxylic acids is 1. The molecular formula is C14H25N3O. The number of amides is 2. The molecule has 0 bridgehead atoms. The Labute approximate surface area is 110 Å². The van der Waals surface area contributed by atoms with E-state index >= 15 is 0 Å². The molecule has 1 aliphatic rings. The Bertz CT molecular complexity index is 369. The van der Waals surface area contributed by atoms with E-state index in [9.17, 15) is 4.79 Å². The predicted molar refractivity (Wildman–Crippen MR) is 75.3 cm³/mol. The van der Waals surface area contributed by atoms with Crippen molar-refractivity contribution in [2.75, 3.05) is 0 Å². The number of primary amides is 1. The summed E-state index contributed by atoms with van der Waals surface area (Å²) in [4.78, 5) is 10.6. The van der Waals surface area contributed by atoms with Gasteiger partial charge in [-0.05, 0) is 50.9 Å². The first-order valence-corrected chi connectivity index (χ1v) is 6.58. The summed E-state index contributed by atoms with van der Waals surface area (Å²) >= 11 is 0. The van der Waals surface area contributed by atoms with Gasteiger partial charge in [0.2, 0.25) is 0 Å². The van der Waals surface area contributed by atoms with Gasteiger partial charge in [0.25, 0.3) is 0 Å². The van der Waals surface area contributed by atoms with Crippen LogP contribution in [0.3, 0.4) is 0 Å². The number of nitrogens with one attached hydrogen (secondary N) is 1. The fraction of sp³-hybridized carbons (Fsp3) is 0.714. The zero-order valence-corrected chi connectivity index (χ0v) is 11.9. The van der Waals surface area contributed by atoms with Crippen LogP contribution in [0.25, 0.3) is 0 Å². The third-order valence-electron chi connectivity index (χ3n) is 3.90. The van der Waals surface area contributed by atoms with Gasteiger partial charge in [-0.1, -0.05) is 25.5 Å². The molecule has 0 radical (unpaired) electrons. The molecule has 0 aromatic rings. The van der Waals surface area contributed by atoms with E-state index in [1.54, 1.807) is 0 Å². The zero-order chi connectivity index (χ0) is 13.8. The van der Waals surface area contributed by atoms with E-state index in [4.69, 9.17) is 5.73 Å². The number of hydrazone groups is 1. The van der Waals surface area contributed by atoms with Crippen LogP contribution in [0.5, 0.6) is 0 Å². The monoisotopic (exact) mass is 251 g/mol. The van der Waals surface area contributed by atoms with Gasteiger partial charge in [-0.2, -0.15) is 5.10 Å². The summed E-state index contributed by atoms with van der Waals surface area (Å²) in [5.41, 5.74) is 10.0. The second kappa shape index (κ2) is 6.03. The van der Waals surface area contributed by atoms with E-state index in [2.05, 4.69) is 37.4 Å². The molecule has 0 fully saturated rings. The van der Waals surface area contributed by atoms with Gasteiger partial charge in [0, 0.05) is 5.71 Å². The molecule has 0 spiro atoms. The number of carbonyl (C=O) groups is 1. The largest absolute Gasteiger partial charge is 0.350 e. The summed E-state index contributed by atoms with van der Waals surface area (Å²) < 4.78 is 0. The SMILES string of the molecule is CC1=CCCC(C)(C)C1CCC(C)=NNC(N)=O. The average Bonchev–Trinajstić information content (AvgIpc) is 2.24. The first-order valence-electron chi connectivity index (χ1n) is 6.58. The fourth-order valence-electron chi connectivity index (χ4n) is 2.78. The summed E-state index contributed by atoms with van der Waals surface area (Å²) in [6, 6.07) is -0.608. The number of nitrogens with two attached hydrogens (primary N) is 1. The molecule has 1 unspecified atom stereocenters. The first kappa shape index (κ1) is 14.7. The third-order valence-corrected chi connectivity index (χ3v) is 3.90. The van der Waals surface area contributed by atoms with E-state index in [-0.39, 0.29) is 0 Å². The number of hydrogen-bond donors (Lipinski definition) is 2. The van der Waals surface area contributed by atoms with Crippen LogP contribution in [0.1, 0.15) is 53.4 Å². The Hall–Kier alpha value is -1.32. The minimum atomic E-state index is -0.608. The Balaban J connectivity index is 2.56. The Morgan fingerprint density at radius 2 is 2.28 bits per heavy atom. The normalized spacial score (nSPS) is 23.4. The van der Waals surface area contributed by atoms with Gasteiger partial charge in [0.1, 0.15) is 0 Å². The molecule has 0 saturated heterocycles. The first-order chi connectivity index (χ1) is 8.33. The molecule has 102 valence electrons. The van der Waals surface area contributed by atoms with Crippen LogP contribution < -0.4 is 11.2 Å². The number of allylic oxidation sites excluding steroid dienone is 2. The van der Waals surface area contributed by atoms with E-state index in [0.29, 0.717) is 11.3 Å². The standard InChI is InChI=1S/C14H25N3O/c1-10-6-5-9-14(3,4)12(10)8-7-11(2)16-17-13(15)18/h6,12H,5,7-9H2,1-4H3,(H3,15,17,18). The molecule has 18 heavy (non-hydrogen) atoms. The lowest BCUT2D eigenvalue weighted by Crippen LogP contribution is -2.29. The minimum absolute atomic E-state index is 0.357. The zero-order valence-electron chi connectivity index (χ0n) is 11.9. The summed E-state index contributed by atoms with van der Waals surface area (Å²) in [6.07, 6.45) is 6.74. The summed E-state index contributed by atoms with van der Waals surface area (Å²) in [7, 11) is 0. The smallest absolute Gasteiger partial charge is 0.332 e. The van der Waals surface area contributed by atoms with Crippen molar-refractivity contribution in [1.82, 2.24) is 5.43 Å². The Morgan fingerprint density at radius 3 is 2.83 bits per heavy atom. The quantitative estimate of drug-likeness (QED) is 0.450. The van der Waals surface area contributed by atoms with Crippen molar-refractivity contribution in [2.45, 2.75) is 53.4 Å². The second-order valence-corrected chi connectivity index (χ2v) is 5.89. The molecule has 0 heterocycles. The third kappa shape index (κ3) is 4.17. The van der Waals surface area contributed by atoms with Gasteiger partial charge in [-0.3, -0.25) is 0 Å². The molecule has 4 heteroatoms. The molecule has 1 rings (SSSR count). The lowest BCUT2D eigenvalue weighted by Gasteiger charge is -2.38. The van der Waals surface area contributed by atoms with Crippen molar-refractivity contribution in [3.63, 3.8) is 0 Å². The number of rotatable bonds is 4. The van der Waals surface area contributed by atoms with Gasteiger partial charge in [0.15, 0.2) is 0 Å². The van der Waals surface area contributed by atoms with Crippen molar-refractivity contribution < 1.29 is 4.79 Å². The van der Waals surface area contributed by atoms with Crippen LogP contribution in [0.2, 0.25) is 0 Å². The Morgan fingerprint density at radius 1 is 1.61 bits per heavy atom. The minimum Gasteiger partial charge on any atom is -0.350 e. The molecule has 0 aromatic heterocycles. The molecule has 0 aromatic carbocycles. The van der Waals surface area contributed by atoms with E-state index in [1.165, 1.54) is 18.4 Å². The van der Waals surface area contributed by atoms with Crippen molar-refractivity contribution in [2.24, 2.45) is 22.2 Å². The molecule has 0 saturated carbocycles.